The molecule has 1 aliphatic rings. The Balaban J connectivity index is 1.82. The molecule has 0 saturated heterocycles. The van der Waals surface area contributed by atoms with E-state index < -0.39 is 0 Å². The molecule has 1 aliphatic carbocycles. The van der Waals surface area contributed by atoms with Crippen LogP contribution in [0.2, 0.25) is 0 Å². The highest BCUT2D eigenvalue weighted by Gasteiger charge is 2.21. The summed E-state index contributed by atoms with van der Waals surface area (Å²) >= 11 is 0. The molecule has 0 bridgehead atoms. The molecular formula is C22H24N2O. The van der Waals surface area contributed by atoms with E-state index in [0.29, 0.717) is 6.04 Å². The summed E-state index contributed by atoms with van der Waals surface area (Å²) < 4.78 is 2.21. The quantitative estimate of drug-likeness (QED) is 0.614. The lowest BCUT2D eigenvalue weighted by atomic mass is 10.1. The molecule has 3 aromatic rings. The van der Waals surface area contributed by atoms with E-state index in [1.807, 2.05) is 24.3 Å². The molecule has 0 atom stereocenters. The number of para-hydroxylation sites is 1. The topological polar surface area (TPSA) is 38.0 Å². The molecule has 2 aromatic carbocycles. The highest BCUT2D eigenvalue weighted by molar-refractivity contribution is 5.72. The van der Waals surface area contributed by atoms with Crippen LogP contribution in [-0.2, 0) is 0 Å². The summed E-state index contributed by atoms with van der Waals surface area (Å²) in [5.74, 6) is 0.285. The molecule has 128 valence electrons. The van der Waals surface area contributed by atoms with Crippen LogP contribution in [0.5, 0.6) is 5.75 Å². The minimum absolute atomic E-state index is 0.285. The minimum atomic E-state index is 0.285. The van der Waals surface area contributed by atoms with Gasteiger partial charge in [0.25, 0.3) is 0 Å². The van der Waals surface area contributed by atoms with Crippen molar-refractivity contribution >= 4 is 0 Å². The summed E-state index contributed by atoms with van der Waals surface area (Å²) in [7, 11) is 0. The van der Waals surface area contributed by atoms with E-state index in [1.165, 1.54) is 44.1 Å². The maximum atomic E-state index is 10.2. The van der Waals surface area contributed by atoms with Gasteiger partial charge in [0.15, 0.2) is 0 Å². The second kappa shape index (κ2) is 7.14. The van der Waals surface area contributed by atoms with Crippen LogP contribution in [0.1, 0.15) is 44.6 Å². The highest BCUT2D eigenvalue weighted by atomic mass is 16.3. The first-order chi connectivity index (χ1) is 12.3. The zero-order valence-corrected chi connectivity index (χ0v) is 14.4. The van der Waals surface area contributed by atoms with E-state index in [0.717, 1.165) is 17.0 Å². The molecule has 3 nitrogen and oxygen atoms in total. The molecule has 0 radical (unpaired) electrons. The van der Waals surface area contributed by atoms with Crippen LogP contribution in [0.3, 0.4) is 0 Å². The summed E-state index contributed by atoms with van der Waals surface area (Å²) in [5, 5.41) is 15.2. The van der Waals surface area contributed by atoms with Crippen molar-refractivity contribution in [2.45, 2.75) is 44.6 Å². The molecule has 1 heterocycles. The largest absolute Gasteiger partial charge is 0.507 e. The maximum absolute atomic E-state index is 10.2. The van der Waals surface area contributed by atoms with Gasteiger partial charge in [-0.15, -0.1) is 0 Å². The lowest BCUT2D eigenvalue weighted by molar-refractivity contribution is 0.410. The lowest BCUT2D eigenvalue weighted by Gasteiger charge is -2.18. The van der Waals surface area contributed by atoms with Gasteiger partial charge in [0.2, 0.25) is 0 Å². The van der Waals surface area contributed by atoms with Gasteiger partial charge < -0.3 is 5.11 Å². The van der Waals surface area contributed by atoms with E-state index in [1.54, 1.807) is 6.07 Å². The van der Waals surface area contributed by atoms with Crippen LogP contribution in [-0.4, -0.2) is 14.9 Å². The third-order valence-corrected chi connectivity index (χ3v) is 5.16. The van der Waals surface area contributed by atoms with Crippen molar-refractivity contribution in [1.29, 1.82) is 0 Å². The number of aromatic nitrogens is 2. The summed E-state index contributed by atoms with van der Waals surface area (Å²) in [4.78, 5) is 0. The van der Waals surface area contributed by atoms with Crippen molar-refractivity contribution in [1.82, 2.24) is 9.78 Å². The Kier molecular flexibility index (Phi) is 4.55. The number of benzene rings is 2. The molecule has 1 fully saturated rings. The average molecular weight is 332 g/mol. The van der Waals surface area contributed by atoms with Gasteiger partial charge in [-0.1, -0.05) is 68.1 Å². The average Bonchev–Trinajstić information content (AvgIpc) is 2.91. The number of phenols is 1. The van der Waals surface area contributed by atoms with Gasteiger partial charge >= 0.3 is 0 Å². The van der Waals surface area contributed by atoms with E-state index in [-0.39, 0.29) is 5.75 Å². The van der Waals surface area contributed by atoms with Gasteiger partial charge in [0.1, 0.15) is 5.75 Å². The fourth-order valence-corrected chi connectivity index (χ4v) is 3.82. The SMILES string of the molecule is Oc1ccccc1-c1cc(-c2ccccc2)n(C2CCCCCC2)n1. The van der Waals surface area contributed by atoms with Crippen molar-refractivity contribution in [3.05, 3.63) is 60.7 Å². The Morgan fingerprint density at radius 2 is 1.52 bits per heavy atom. The second-order valence-corrected chi connectivity index (χ2v) is 6.89. The molecule has 0 spiro atoms. The van der Waals surface area contributed by atoms with Crippen molar-refractivity contribution in [2.24, 2.45) is 0 Å². The molecule has 0 aliphatic heterocycles. The normalized spacial score (nSPS) is 15.8. The summed E-state index contributed by atoms with van der Waals surface area (Å²) in [6, 6.07) is 20.5. The van der Waals surface area contributed by atoms with E-state index in [4.69, 9.17) is 5.10 Å². The lowest BCUT2D eigenvalue weighted by Crippen LogP contribution is -2.11. The Hall–Kier alpha value is -2.55. The van der Waals surface area contributed by atoms with E-state index >= 15 is 0 Å². The first kappa shape index (κ1) is 15.9. The van der Waals surface area contributed by atoms with Gasteiger partial charge in [-0.25, -0.2) is 0 Å². The van der Waals surface area contributed by atoms with Crippen molar-refractivity contribution in [2.75, 3.05) is 0 Å². The van der Waals surface area contributed by atoms with Gasteiger partial charge in [-0.2, -0.15) is 5.10 Å². The fourth-order valence-electron chi connectivity index (χ4n) is 3.82. The summed E-state index contributed by atoms with van der Waals surface area (Å²) in [6.45, 7) is 0. The van der Waals surface area contributed by atoms with Gasteiger partial charge in [-0.3, -0.25) is 4.68 Å². The third-order valence-electron chi connectivity index (χ3n) is 5.16. The first-order valence-electron chi connectivity index (χ1n) is 9.26. The summed E-state index contributed by atoms with van der Waals surface area (Å²) in [5.41, 5.74) is 3.97. The van der Waals surface area contributed by atoms with E-state index in [9.17, 15) is 5.11 Å². The van der Waals surface area contributed by atoms with E-state index in [2.05, 4.69) is 35.0 Å². The molecular weight excluding hydrogens is 308 g/mol. The highest BCUT2D eigenvalue weighted by Crippen LogP contribution is 2.36. The predicted molar refractivity (Wildman–Crippen MR) is 102 cm³/mol. The molecule has 0 amide bonds. The fraction of sp³-hybridized carbons (Fsp3) is 0.318. The number of nitrogens with zero attached hydrogens (tertiary/aromatic N) is 2. The molecule has 25 heavy (non-hydrogen) atoms. The molecule has 4 rings (SSSR count). The standard InChI is InChI=1S/C22H24N2O/c25-22-15-9-8-14-19(22)20-16-21(17-10-4-3-5-11-17)24(23-20)18-12-6-1-2-7-13-18/h3-5,8-11,14-16,18,25H,1-2,6-7,12-13H2. The molecule has 3 heteroatoms. The van der Waals surface area contributed by atoms with Crippen LogP contribution in [0.15, 0.2) is 60.7 Å². The molecule has 1 saturated carbocycles. The number of hydrogen-bond donors (Lipinski definition) is 1. The number of hydrogen-bond acceptors (Lipinski definition) is 2. The smallest absolute Gasteiger partial charge is 0.125 e. The molecule has 0 unspecified atom stereocenters. The maximum Gasteiger partial charge on any atom is 0.125 e. The number of rotatable bonds is 3. The zero-order chi connectivity index (χ0) is 17.1. The van der Waals surface area contributed by atoms with Crippen molar-refractivity contribution in [3.8, 4) is 28.3 Å². The van der Waals surface area contributed by atoms with Crippen molar-refractivity contribution in [3.63, 3.8) is 0 Å². The second-order valence-electron chi connectivity index (χ2n) is 6.89. The third kappa shape index (κ3) is 3.32. The summed E-state index contributed by atoms with van der Waals surface area (Å²) in [6.07, 6.45) is 7.55. The number of aromatic hydroxyl groups is 1. The Labute approximate surface area is 148 Å². The monoisotopic (exact) mass is 332 g/mol. The van der Waals surface area contributed by atoms with Crippen LogP contribution in [0, 0.1) is 0 Å². The van der Waals surface area contributed by atoms with Crippen LogP contribution >= 0.6 is 0 Å². The molecule has 1 aromatic heterocycles. The zero-order valence-electron chi connectivity index (χ0n) is 14.4. The van der Waals surface area contributed by atoms with Crippen molar-refractivity contribution < 1.29 is 5.11 Å². The van der Waals surface area contributed by atoms with Crippen LogP contribution < -0.4 is 0 Å². The Morgan fingerprint density at radius 1 is 0.840 bits per heavy atom. The van der Waals surface area contributed by atoms with Gasteiger partial charge in [-0.05, 0) is 36.6 Å². The minimum Gasteiger partial charge on any atom is -0.507 e. The number of phenolic OH excluding ortho intramolecular Hbond substituents is 1. The van der Waals surface area contributed by atoms with Crippen LogP contribution in [0.4, 0.5) is 0 Å². The van der Waals surface area contributed by atoms with Gasteiger partial charge in [0.05, 0.1) is 17.4 Å². The first-order valence-corrected chi connectivity index (χ1v) is 9.26. The predicted octanol–water partition coefficient (Wildman–Crippen LogP) is 5.82. The Morgan fingerprint density at radius 3 is 2.24 bits per heavy atom. The Bertz CT molecular complexity index is 830. The van der Waals surface area contributed by atoms with Gasteiger partial charge in [0, 0.05) is 5.56 Å². The molecule has 1 N–H and O–H groups in total. The van der Waals surface area contributed by atoms with Crippen LogP contribution in [0.25, 0.3) is 22.5 Å².